The number of aliphatic imine (C=N–C) groups is 1. The van der Waals surface area contributed by atoms with Crippen LogP contribution >= 0.6 is 0 Å². The van der Waals surface area contributed by atoms with Crippen molar-refractivity contribution in [2.24, 2.45) is 16.8 Å². The number of nitrogens with zero attached hydrogens (tertiary/aromatic N) is 1. The zero-order valence-electron chi connectivity index (χ0n) is 17.8. The van der Waals surface area contributed by atoms with Gasteiger partial charge in [0.15, 0.2) is 0 Å². The molecule has 158 valence electrons. The summed E-state index contributed by atoms with van der Waals surface area (Å²) in [6, 6.07) is 11.3. The third-order valence-electron chi connectivity index (χ3n) is 5.44. The molecule has 0 N–H and O–H groups in total. The second-order valence-corrected chi connectivity index (χ2v) is 14.8. The van der Waals surface area contributed by atoms with E-state index in [0.717, 1.165) is 30.2 Å². The molecule has 0 unspecified atom stereocenters. The van der Waals surface area contributed by atoms with Crippen molar-refractivity contribution in [2.45, 2.75) is 51.2 Å². The van der Waals surface area contributed by atoms with Crippen molar-refractivity contribution in [3.8, 4) is 0 Å². The predicted molar refractivity (Wildman–Crippen MR) is 118 cm³/mol. The summed E-state index contributed by atoms with van der Waals surface area (Å²) in [6.45, 7) is 9.08. The van der Waals surface area contributed by atoms with Crippen molar-refractivity contribution >= 4 is 20.2 Å². The van der Waals surface area contributed by atoms with Gasteiger partial charge in [0.25, 0.3) is 0 Å². The highest BCUT2D eigenvalue weighted by atomic mass is 28.3. The number of rotatable bonds is 10. The largest absolute Gasteiger partial charge is 0.369 e. The van der Waals surface area contributed by atoms with E-state index in [-0.39, 0.29) is 30.6 Å². The fourth-order valence-corrected chi connectivity index (χ4v) is 4.47. The highest BCUT2D eigenvalue weighted by Crippen LogP contribution is 2.36. The molecular formula is C23H33NO4Si. The molecule has 0 radical (unpaired) electrons. The lowest BCUT2D eigenvalue weighted by molar-refractivity contribution is -0.119. The minimum Gasteiger partial charge on any atom is -0.369 e. The van der Waals surface area contributed by atoms with Gasteiger partial charge in [-0.2, -0.15) is 0 Å². The van der Waals surface area contributed by atoms with Crippen molar-refractivity contribution in [2.75, 3.05) is 20.0 Å². The number of carbonyl (C=O) groups excluding carboxylic acids is 1. The maximum atomic E-state index is 11.8. The van der Waals surface area contributed by atoms with Gasteiger partial charge in [0.05, 0.1) is 19.3 Å². The molecule has 2 aliphatic rings. The molecule has 6 heteroatoms. The molecular weight excluding hydrogens is 382 g/mol. The molecule has 29 heavy (non-hydrogen) atoms. The van der Waals surface area contributed by atoms with Crippen LogP contribution in [0.2, 0.25) is 25.7 Å². The summed E-state index contributed by atoms with van der Waals surface area (Å²) in [5.41, 5.74) is 2.29. The second-order valence-electron chi connectivity index (χ2n) is 9.14. The van der Waals surface area contributed by atoms with Crippen LogP contribution in [-0.4, -0.2) is 46.3 Å². The summed E-state index contributed by atoms with van der Waals surface area (Å²) in [6.07, 6.45) is 5.27. The molecule has 3 atom stereocenters. The Morgan fingerprint density at radius 3 is 2.66 bits per heavy atom. The standard InChI is InChI=1S/C23H33NO4Si/c1-29(2,3)10-9-26-17-27-16-20-12-21(28-15-18-7-5-4-6-8-18)11-19-14-24-23(25)13-22(19)20/h4-8,12,14,19,21-22H,9-11,13,15-17H2,1-3H3/t19-,21-,22+/m1/s1. The van der Waals surface area contributed by atoms with E-state index >= 15 is 0 Å². The number of benzene rings is 1. The fourth-order valence-electron chi connectivity index (χ4n) is 3.71. The van der Waals surface area contributed by atoms with Crippen LogP contribution in [0.5, 0.6) is 0 Å². The lowest BCUT2D eigenvalue weighted by Crippen LogP contribution is -2.35. The van der Waals surface area contributed by atoms with Crippen LogP contribution in [-0.2, 0) is 25.6 Å². The first kappa shape index (κ1) is 22.1. The van der Waals surface area contributed by atoms with Crippen molar-refractivity contribution in [3.05, 3.63) is 47.5 Å². The Hall–Kier alpha value is -1.60. The quantitative estimate of drug-likeness (QED) is 0.245. The van der Waals surface area contributed by atoms with Crippen molar-refractivity contribution in [3.63, 3.8) is 0 Å². The molecule has 0 saturated heterocycles. The Morgan fingerprint density at radius 1 is 1.10 bits per heavy atom. The van der Waals surface area contributed by atoms with E-state index in [1.54, 1.807) is 0 Å². The lowest BCUT2D eigenvalue weighted by Gasteiger charge is -2.35. The third kappa shape index (κ3) is 7.30. The summed E-state index contributed by atoms with van der Waals surface area (Å²) in [5, 5.41) is 0. The van der Waals surface area contributed by atoms with Crippen LogP contribution in [0.25, 0.3) is 0 Å². The van der Waals surface area contributed by atoms with Gasteiger partial charge >= 0.3 is 0 Å². The Bertz CT molecular complexity index is 726. The lowest BCUT2D eigenvalue weighted by atomic mass is 9.75. The molecule has 1 heterocycles. The molecule has 0 fully saturated rings. The van der Waals surface area contributed by atoms with Crippen LogP contribution < -0.4 is 0 Å². The first-order valence-corrected chi connectivity index (χ1v) is 14.2. The zero-order valence-corrected chi connectivity index (χ0v) is 18.8. The number of fused-ring (bicyclic) bond motifs is 1. The molecule has 3 rings (SSSR count). The number of hydrogen-bond acceptors (Lipinski definition) is 4. The topological polar surface area (TPSA) is 57.1 Å². The second kappa shape index (κ2) is 10.4. The van der Waals surface area contributed by atoms with Gasteiger partial charge in [-0.05, 0) is 29.5 Å². The molecule has 1 aromatic rings. The summed E-state index contributed by atoms with van der Waals surface area (Å²) >= 11 is 0. The summed E-state index contributed by atoms with van der Waals surface area (Å²) in [5.74, 6) is 0.343. The zero-order chi connectivity index (χ0) is 20.7. The van der Waals surface area contributed by atoms with Crippen molar-refractivity contribution < 1.29 is 19.0 Å². The smallest absolute Gasteiger partial charge is 0.245 e. The van der Waals surface area contributed by atoms with Gasteiger partial charge in [0, 0.05) is 33.2 Å². The summed E-state index contributed by atoms with van der Waals surface area (Å²) < 4.78 is 17.6. The molecule has 0 spiro atoms. The van der Waals surface area contributed by atoms with Crippen LogP contribution in [0.3, 0.4) is 0 Å². The molecule has 5 nitrogen and oxygen atoms in total. The Balaban J connectivity index is 1.54. The van der Waals surface area contributed by atoms with Crippen LogP contribution in [0, 0.1) is 11.8 Å². The van der Waals surface area contributed by atoms with Gasteiger partial charge < -0.3 is 14.2 Å². The summed E-state index contributed by atoms with van der Waals surface area (Å²) in [7, 11) is -1.09. The maximum absolute atomic E-state index is 11.8. The Labute approximate surface area is 175 Å². The van der Waals surface area contributed by atoms with Crippen LogP contribution in [0.15, 0.2) is 47.0 Å². The molecule has 1 aromatic carbocycles. The van der Waals surface area contributed by atoms with Gasteiger partial charge in [0.1, 0.15) is 6.79 Å². The molecule has 1 aliphatic heterocycles. The molecule has 1 aliphatic carbocycles. The first-order valence-electron chi connectivity index (χ1n) is 10.5. The van der Waals surface area contributed by atoms with Gasteiger partial charge in [-0.25, -0.2) is 4.99 Å². The minimum atomic E-state index is -1.09. The van der Waals surface area contributed by atoms with Crippen LogP contribution in [0.4, 0.5) is 0 Å². The maximum Gasteiger partial charge on any atom is 0.245 e. The average Bonchev–Trinajstić information content (AvgIpc) is 2.69. The third-order valence-corrected chi connectivity index (χ3v) is 7.14. The number of ether oxygens (including phenoxy) is 3. The van der Waals surface area contributed by atoms with Crippen molar-refractivity contribution in [1.82, 2.24) is 0 Å². The molecule has 0 saturated carbocycles. The van der Waals surface area contributed by atoms with Crippen molar-refractivity contribution in [1.29, 1.82) is 0 Å². The number of amides is 1. The number of hydrogen-bond donors (Lipinski definition) is 0. The molecule has 0 bridgehead atoms. The molecule has 1 amide bonds. The van der Waals surface area contributed by atoms with Crippen LogP contribution in [0.1, 0.15) is 18.4 Å². The van der Waals surface area contributed by atoms with E-state index in [0.29, 0.717) is 19.6 Å². The highest BCUT2D eigenvalue weighted by Gasteiger charge is 2.35. The average molecular weight is 416 g/mol. The van der Waals surface area contributed by atoms with Gasteiger partial charge in [0.2, 0.25) is 5.91 Å². The van der Waals surface area contributed by atoms with E-state index in [9.17, 15) is 4.79 Å². The van der Waals surface area contributed by atoms with E-state index in [1.807, 2.05) is 24.4 Å². The van der Waals surface area contributed by atoms with Gasteiger partial charge in [-0.1, -0.05) is 56.0 Å². The van der Waals surface area contributed by atoms with E-state index in [1.165, 1.54) is 0 Å². The predicted octanol–water partition coefficient (Wildman–Crippen LogP) is 4.46. The van der Waals surface area contributed by atoms with E-state index < -0.39 is 8.07 Å². The van der Waals surface area contributed by atoms with Gasteiger partial charge in [-0.15, -0.1) is 0 Å². The monoisotopic (exact) mass is 415 g/mol. The van der Waals surface area contributed by atoms with E-state index in [2.05, 4.69) is 42.8 Å². The SMILES string of the molecule is C[Si](C)(C)CCOCOCC1=C[C@H](OCc2ccccc2)C[C@@H]2C=NC(=O)C[C@H]12. The Kier molecular flexibility index (Phi) is 7.95. The highest BCUT2D eigenvalue weighted by molar-refractivity contribution is 6.76. The summed E-state index contributed by atoms with van der Waals surface area (Å²) in [4.78, 5) is 15.9. The minimum absolute atomic E-state index is 0.00233. The Morgan fingerprint density at radius 2 is 1.90 bits per heavy atom. The fraction of sp³-hybridized carbons (Fsp3) is 0.565. The van der Waals surface area contributed by atoms with Gasteiger partial charge in [-0.3, -0.25) is 4.79 Å². The normalized spacial score (nSPS) is 24.3. The number of carbonyl (C=O) groups is 1. The first-order chi connectivity index (χ1) is 13.9. The van der Waals surface area contributed by atoms with E-state index in [4.69, 9.17) is 14.2 Å². The molecule has 0 aromatic heterocycles.